The Morgan fingerprint density at radius 1 is 1.03 bits per heavy atom. The molecule has 7 nitrogen and oxygen atoms in total. The average Bonchev–Trinajstić information content (AvgIpc) is 2.74. The van der Waals surface area contributed by atoms with Crippen LogP contribution in [0.1, 0.15) is 46.1 Å². The second-order valence-electron chi connectivity index (χ2n) is 7.42. The van der Waals surface area contributed by atoms with E-state index in [0.29, 0.717) is 30.5 Å². The number of nitrogens with one attached hydrogen (secondary N) is 1. The lowest BCUT2D eigenvalue weighted by Gasteiger charge is -2.20. The number of hydrogen-bond acceptors (Lipinski definition) is 5. The summed E-state index contributed by atoms with van der Waals surface area (Å²) >= 11 is 0. The van der Waals surface area contributed by atoms with Crippen molar-refractivity contribution in [2.24, 2.45) is 0 Å². The van der Waals surface area contributed by atoms with E-state index < -0.39 is 22.0 Å². The summed E-state index contributed by atoms with van der Waals surface area (Å²) < 4.78 is 38.1. The molecule has 0 bridgehead atoms. The number of nitrogens with zero attached hydrogens (tertiary/aromatic N) is 1. The van der Waals surface area contributed by atoms with E-state index in [0.717, 1.165) is 0 Å². The SMILES string of the molecule is CCN(CC)S(=O)(=O)c1ccc(OC)c(NC(=O)C(C)Oc2ccc(C(C)C)cc2)c1. The van der Waals surface area contributed by atoms with Crippen molar-refractivity contribution in [1.82, 2.24) is 4.31 Å². The van der Waals surface area contributed by atoms with Crippen molar-refractivity contribution in [3.05, 3.63) is 48.0 Å². The van der Waals surface area contributed by atoms with Crippen LogP contribution in [-0.2, 0) is 14.8 Å². The second kappa shape index (κ2) is 10.6. The Morgan fingerprint density at radius 3 is 2.16 bits per heavy atom. The van der Waals surface area contributed by atoms with Gasteiger partial charge in [0.25, 0.3) is 5.91 Å². The smallest absolute Gasteiger partial charge is 0.265 e. The summed E-state index contributed by atoms with van der Waals surface area (Å²) in [6, 6.07) is 12.0. The van der Waals surface area contributed by atoms with E-state index in [-0.39, 0.29) is 10.6 Å². The third-order valence-corrected chi connectivity index (χ3v) is 7.05. The fourth-order valence-electron chi connectivity index (χ4n) is 3.08. The Bertz CT molecular complexity index is 984. The Balaban J connectivity index is 2.20. The van der Waals surface area contributed by atoms with Gasteiger partial charge >= 0.3 is 0 Å². The molecule has 31 heavy (non-hydrogen) atoms. The van der Waals surface area contributed by atoms with Crippen LogP contribution in [0, 0.1) is 0 Å². The molecule has 0 fully saturated rings. The molecule has 2 aromatic rings. The summed E-state index contributed by atoms with van der Waals surface area (Å²) in [5.41, 5.74) is 1.45. The van der Waals surface area contributed by atoms with Crippen molar-refractivity contribution < 1.29 is 22.7 Å². The largest absolute Gasteiger partial charge is 0.495 e. The van der Waals surface area contributed by atoms with Crippen molar-refractivity contribution in [3.8, 4) is 11.5 Å². The molecule has 0 aliphatic heterocycles. The zero-order valence-corrected chi connectivity index (χ0v) is 19.8. The van der Waals surface area contributed by atoms with Crippen LogP contribution in [-0.4, -0.2) is 44.9 Å². The summed E-state index contributed by atoms with van der Waals surface area (Å²) in [5, 5.41) is 2.73. The minimum absolute atomic E-state index is 0.0881. The first-order valence-corrected chi connectivity index (χ1v) is 11.8. The molecule has 0 aliphatic carbocycles. The molecule has 0 heterocycles. The molecule has 0 spiro atoms. The monoisotopic (exact) mass is 448 g/mol. The highest BCUT2D eigenvalue weighted by Gasteiger charge is 2.24. The quantitative estimate of drug-likeness (QED) is 0.587. The average molecular weight is 449 g/mol. The Morgan fingerprint density at radius 2 is 1.65 bits per heavy atom. The van der Waals surface area contributed by atoms with Crippen LogP contribution >= 0.6 is 0 Å². The molecule has 8 heteroatoms. The fraction of sp³-hybridized carbons (Fsp3) is 0.435. The number of carbonyl (C=O) groups is 1. The highest BCUT2D eigenvalue weighted by atomic mass is 32.2. The molecular formula is C23H32N2O5S. The molecule has 0 aromatic heterocycles. The van der Waals surface area contributed by atoms with Gasteiger partial charge in [-0.05, 0) is 48.7 Å². The number of hydrogen-bond donors (Lipinski definition) is 1. The van der Waals surface area contributed by atoms with Crippen molar-refractivity contribution >= 4 is 21.6 Å². The molecule has 170 valence electrons. The molecule has 0 saturated carbocycles. The number of sulfonamides is 1. The lowest BCUT2D eigenvalue weighted by molar-refractivity contribution is -0.122. The Labute approximate surface area is 185 Å². The second-order valence-corrected chi connectivity index (χ2v) is 9.36. The van der Waals surface area contributed by atoms with Crippen molar-refractivity contribution in [3.63, 3.8) is 0 Å². The summed E-state index contributed by atoms with van der Waals surface area (Å²) in [6.07, 6.45) is -0.794. The van der Waals surface area contributed by atoms with E-state index in [1.807, 2.05) is 24.3 Å². The highest BCUT2D eigenvalue weighted by molar-refractivity contribution is 7.89. The van der Waals surface area contributed by atoms with E-state index in [2.05, 4.69) is 19.2 Å². The van der Waals surface area contributed by atoms with Crippen LogP contribution in [0.25, 0.3) is 0 Å². The minimum Gasteiger partial charge on any atom is -0.495 e. The first kappa shape index (κ1) is 24.7. The van der Waals surface area contributed by atoms with Gasteiger partial charge < -0.3 is 14.8 Å². The van der Waals surface area contributed by atoms with Gasteiger partial charge in [0.05, 0.1) is 17.7 Å². The molecule has 1 unspecified atom stereocenters. The molecule has 1 atom stereocenters. The first-order chi connectivity index (χ1) is 14.6. The lowest BCUT2D eigenvalue weighted by atomic mass is 10.0. The van der Waals surface area contributed by atoms with Crippen molar-refractivity contribution in [2.45, 2.75) is 51.5 Å². The van der Waals surface area contributed by atoms with Crippen LogP contribution in [0.4, 0.5) is 5.69 Å². The summed E-state index contributed by atoms with van der Waals surface area (Å²) in [7, 11) is -2.21. The maximum Gasteiger partial charge on any atom is 0.265 e. The maximum absolute atomic E-state index is 12.8. The summed E-state index contributed by atoms with van der Waals surface area (Å²) in [5.74, 6) is 0.933. The minimum atomic E-state index is -3.67. The van der Waals surface area contributed by atoms with Crippen LogP contribution in [0.2, 0.25) is 0 Å². The molecule has 1 amide bonds. The fourth-order valence-corrected chi connectivity index (χ4v) is 4.57. The van der Waals surface area contributed by atoms with E-state index in [9.17, 15) is 13.2 Å². The Kier molecular flexibility index (Phi) is 8.47. The number of benzene rings is 2. The number of methoxy groups -OCH3 is 1. The number of ether oxygens (including phenoxy) is 2. The molecule has 0 aliphatic rings. The number of rotatable bonds is 10. The van der Waals surface area contributed by atoms with Gasteiger partial charge in [0, 0.05) is 13.1 Å². The van der Waals surface area contributed by atoms with Gasteiger partial charge in [-0.3, -0.25) is 4.79 Å². The number of carbonyl (C=O) groups excluding carboxylic acids is 1. The number of amides is 1. The molecular weight excluding hydrogens is 416 g/mol. The Hall–Kier alpha value is -2.58. The van der Waals surface area contributed by atoms with E-state index in [1.54, 1.807) is 20.8 Å². The van der Waals surface area contributed by atoms with Crippen LogP contribution in [0.3, 0.4) is 0 Å². The van der Waals surface area contributed by atoms with E-state index in [4.69, 9.17) is 9.47 Å². The third-order valence-electron chi connectivity index (χ3n) is 5.00. The van der Waals surface area contributed by atoms with Crippen LogP contribution in [0.15, 0.2) is 47.4 Å². The lowest BCUT2D eigenvalue weighted by Crippen LogP contribution is -2.31. The zero-order chi connectivity index (χ0) is 23.2. The summed E-state index contributed by atoms with van der Waals surface area (Å²) in [6.45, 7) is 10.1. The normalized spacial score (nSPS) is 12.6. The molecule has 0 saturated heterocycles. The van der Waals surface area contributed by atoms with Crippen LogP contribution in [0.5, 0.6) is 11.5 Å². The van der Waals surface area contributed by atoms with Gasteiger partial charge in [-0.15, -0.1) is 0 Å². The van der Waals surface area contributed by atoms with Crippen molar-refractivity contribution in [2.75, 3.05) is 25.5 Å². The third kappa shape index (κ3) is 5.98. The number of anilines is 1. The van der Waals surface area contributed by atoms with Gasteiger partial charge in [-0.1, -0.05) is 39.8 Å². The van der Waals surface area contributed by atoms with Crippen molar-refractivity contribution in [1.29, 1.82) is 0 Å². The topological polar surface area (TPSA) is 84.9 Å². The van der Waals surface area contributed by atoms with Crippen LogP contribution < -0.4 is 14.8 Å². The predicted molar refractivity (Wildman–Crippen MR) is 122 cm³/mol. The molecule has 0 radical (unpaired) electrons. The van der Waals surface area contributed by atoms with Gasteiger partial charge in [-0.25, -0.2) is 8.42 Å². The predicted octanol–water partition coefficient (Wildman–Crippen LogP) is 4.26. The van der Waals surface area contributed by atoms with Gasteiger partial charge in [0.15, 0.2) is 6.10 Å². The van der Waals surface area contributed by atoms with Gasteiger partial charge in [0.2, 0.25) is 10.0 Å². The maximum atomic E-state index is 12.8. The first-order valence-electron chi connectivity index (χ1n) is 10.4. The summed E-state index contributed by atoms with van der Waals surface area (Å²) in [4.78, 5) is 12.8. The van der Waals surface area contributed by atoms with E-state index in [1.165, 1.54) is 35.2 Å². The highest BCUT2D eigenvalue weighted by Crippen LogP contribution is 2.29. The zero-order valence-electron chi connectivity index (χ0n) is 19.0. The standard InChI is InChI=1S/C23H32N2O5S/c1-7-25(8-2)31(27,28)20-13-14-22(29-6)21(15-20)24-23(26)17(5)30-19-11-9-18(10-12-19)16(3)4/h9-17H,7-8H2,1-6H3,(H,24,26). The molecule has 1 N–H and O–H groups in total. The molecule has 2 rings (SSSR count). The van der Waals surface area contributed by atoms with Gasteiger partial charge in [-0.2, -0.15) is 4.31 Å². The van der Waals surface area contributed by atoms with Gasteiger partial charge in [0.1, 0.15) is 11.5 Å². The molecule has 2 aromatic carbocycles. The van der Waals surface area contributed by atoms with E-state index >= 15 is 0 Å².